The molecule has 0 radical (unpaired) electrons. The van der Waals surface area contributed by atoms with Crippen LogP contribution in [0.25, 0.3) is 0 Å². The molecule has 0 saturated carbocycles. The molecule has 0 unspecified atom stereocenters. The summed E-state index contributed by atoms with van der Waals surface area (Å²) in [5.74, 6) is -0.125. The van der Waals surface area contributed by atoms with Crippen molar-refractivity contribution in [2.75, 3.05) is 18.4 Å². The molecular weight excluding hydrogens is 266 g/mol. The van der Waals surface area contributed by atoms with Gasteiger partial charge >= 0.3 is 6.03 Å². The van der Waals surface area contributed by atoms with E-state index in [9.17, 15) is 9.59 Å². The van der Waals surface area contributed by atoms with Crippen LogP contribution in [-0.2, 0) is 0 Å². The smallest absolute Gasteiger partial charge is 0.322 e. The molecule has 2 rings (SSSR count). The molecule has 2 N–H and O–H groups in total. The van der Waals surface area contributed by atoms with Crippen LogP contribution in [0.5, 0.6) is 0 Å². The number of nitrogens with one attached hydrogen (secondary N) is 2. The number of hydrogen-bond acceptors (Lipinski definition) is 2. The van der Waals surface area contributed by atoms with Gasteiger partial charge in [0.25, 0.3) is 5.91 Å². The monoisotopic (exact) mass is 289 g/mol. The maximum absolute atomic E-state index is 12.3. The van der Waals surface area contributed by atoms with Gasteiger partial charge in [-0.2, -0.15) is 0 Å². The summed E-state index contributed by atoms with van der Waals surface area (Å²) in [6.07, 6.45) is 3.28. The lowest BCUT2D eigenvalue weighted by molar-refractivity contribution is 0.0955. The molecule has 0 bridgehead atoms. The van der Waals surface area contributed by atoms with E-state index in [1.807, 2.05) is 11.8 Å². The zero-order valence-electron chi connectivity index (χ0n) is 12.7. The topological polar surface area (TPSA) is 61.4 Å². The Bertz CT molecular complexity index is 516. The van der Waals surface area contributed by atoms with Crippen molar-refractivity contribution in [2.24, 2.45) is 0 Å². The summed E-state index contributed by atoms with van der Waals surface area (Å²) in [5.41, 5.74) is 1.21. The van der Waals surface area contributed by atoms with Gasteiger partial charge in [-0.15, -0.1) is 0 Å². The molecule has 5 heteroatoms. The lowest BCUT2D eigenvalue weighted by Gasteiger charge is -2.33. The first kappa shape index (κ1) is 15.4. The highest BCUT2D eigenvalue weighted by atomic mass is 16.2. The standard InChI is InChI=1S/C16H23N3O2/c1-3-17-15(20)13-8-6-9-14(11-13)18-16(21)19-10-5-4-7-12(19)2/h6,8-9,11-12H,3-5,7,10H2,1-2H3,(H,17,20)(H,18,21)/t12-/m1/s1. The van der Waals surface area contributed by atoms with Gasteiger partial charge in [-0.25, -0.2) is 4.79 Å². The summed E-state index contributed by atoms with van der Waals surface area (Å²) < 4.78 is 0. The third-order valence-corrected chi connectivity index (χ3v) is 3.78. The van der Waals surface area contributed by atoms with Crippen LogP contribution < -0.4 is 10.6 Å². The molecule has 21 heavy (non-hydrogen) atoms. The summed E-state index contributed by atoms with van der Waals surface area (Å²) in [5, 5.41) is 5.64. The first-order valence-corrected chi connectivity index (χ1v) is 7.57. The largest absolute Gasteiger partial charge is 0.352 e. The second kappa shape index (κ2) is 7.11. The lowest BCUT2D eigenvalue weighted by Crippen LogP contribution is -2.44. The first-order valence-electron chi connectivity index (χ1n) is 7.57. The van der Waals surface area contributed by atoms with Crippen molar-refractivity contribution in [2.45, 2.75) is 39.2 Å². The zero-order valence-corrected chi connectivity index (χ0v) is 12.7. The van der Waals surface area contributed by atoms with Crippen LogP contribution in [0.3, 0.4) is 0 Å². The zero-order chi connectivity index (χ0) is 15.2. The van der Waals surface area contributed by atoms with Crippen molar-refractivity contribution in [3.05, 3.63) is 29.8 Å². The molecule has 0 aromatic heterocycles. The number of piperidine rings is 1. The van der Waals surface area contributed by atoms with Gasteiger partial charge in [0, 0.05) is 30.4 Å². The Hall–Kier alpha value is -2.04. The number of anilines is 1. The third-order valence-electron chi connectivity index (χ3n) is 3.78. The molecule has 3 amide bonds. The second-order valence-electron chi connectivity index (χ2n) is 5.41. The second-order valence-corrected chi connectivity index (χ2v) is 5.41. The average Bonchev–Trinajstić information content (AvgIpc) is 2.48. The molecule has 1 aliphatic heterocycles. The predicted molar refractivity (Wildman–Crippen MR) is 83.5 cm³/mol. The Labute approximate surface area is 125 Å². The van der Waals surface area contributed by atoms with Crippen LogP contribution in [-0.4, -0.2) is 36.0 Å². The maximum atomic E-state index is 12.3. The van der Waals surface area contributed by atoms with E-state index in [1.54, 1.807) is 24.3 Å². The highest BCUT2D eigenvalue weighted by Crippen LogP contribution is 2.18. The van der Waals surface area contributed by atoms with Crippen LogP contribution in [0.1, 0.15) is 43.5 Å². The van der Waals surface area contributed by atoms with E-state index in [-0.39, 0.29) is 18.0 Å². The summed E-state index contributed by atoms with van der Waals surface area (Å²) in [4.78, 5) is 26.0. The Balaban J connectivity index is 2.03. The van der Waals surface area contributed by atoms with Gasteiger partial charge in [0.1, 0.15) is 0 Å². The molecule has 1 heterocycles. The summed E-state index contributed by atoms with van der Waals surface area (Å²) in [7, 11) is 0. The SMILES string of the molecule is CCNC(=O)c1cccc(NC(=O)N2CCCC[C@H]2C)c1. The van der Waals surface area contributed by atoms with Gasteiger partial charge in [0.15, 0.2) is 0 Å². The Kier molecular flexibility index (Phi) is 5.20. The van der Waals surface area contributed by atoms with Crippen molar-refractivity contribution in [3.8, 4) is 0 Å². The number of amides is 3. The quantitative estimate of drug-likeness (QED) is 0.899. The minimum absolute atomic E-state index is 0.0877. The fraction of sp³-hybridized carbons (Fsp3) is 0.500. The fourth-order valence-electron chi connectivity index (χ4n) is 2.60. The van der Waals surface area contributed by atoms with Gasteiger partial charge < -0.3 is 15.5 Å². The molecule has 1 fully saturated rings. The maximum Gasteiger partial charge on any atom is 0.322 e. The third kappa shape index (κ3) is 3.97. The van der Waals surface area contributed by atoms with Crippen molar-refractivity contribution < 1.29 is 9.59 Å². The summed E-state index contributed by atoms with van der Waals surface area (Å²) >= 11 is 0. The number of carbonyl (C=O) groups excluding carboxylic acids is 2. The number of rotatable bonds is 3. The number of nitrogens with zero attached hydrogens (tertiary/aromatic N) is 1. The fourth-order valence-corrected chi connectivity index (χ4v) is 2.60. The molecule has 1 aliphatic rings. The molecule has 0 spiro atoms. The van der Waals surface area contributed by atoms with Gasteiger partial charge in [0.2, 0.25) is 0 Å². The molecule has 0 aliphatic carbocycles. The highest BCUT2D eigenvalue weighted by Gasteiger charge is 2.23. The molecule has 5 nitrogen and oxygen atoms in total. The number of likely N-dealkylation sites (tertiary alicyclic amines) is 1. The van der Waals surface area contributed by atoms with Crippen molar-refractivity contribution in [1.29, 1.82) is 0 Å². The number of carbonyl (C=O) groups is 2. The predicted octanol–water partition coefficient (Wildman–Crippen LogP) is 2.84. The minimum Gasteiger partial charge on any atom is -0.352 e. The van der Waals surface area contributed by atoms with Crippen LogP contribution in [0, 0.1) is 0 Å². The number of hydrogen-bond donors (Lipinski definition) is 2. The van der Waals surface area contributed by atoms with Crippen LogP contribution in [0.15, 0.2) is 24.3 Å². The molecular formula is C16H23N3O2. The summed E-state index contributed by atoms with van der Waals surface area (Å²) in [6, 6.07) is 7.21. The Morgan fingerprint density at radius 2 is 2.14 bits per heavy atom. The van der Waals surface area contributed by atoms with Gasteiger partial charge in [-0.3, -0.25) is 4.79 Å². The Morgan fingerprint density at radius 1 is 1.33 bits per heavy atom. The van der Waals surface area contributed by atoms with Crippen LogP contribution in [0.4, 0.5) is 10.5 Å². The number of urea groups is 1. The van der Waals surface area contributed by atoms with E-state index in [2.05, 4.69) is 17.6 Å². The van der Waals surface area contributed by atoms with E-state index in [4.69, 9.17) is 0 Å². The lowest BCUT2D eigenvalue weighted by atomic mass is 10.0. The van der Waals surface area contributed by atoms with E-state index >= 15 is 0 Å². The van der Waals surface area contributed by atoms with Crippen molar-refractivity contribution in [3.63, 3.8) is 0 Å². The molecule has 1 aromatic rings. The van der Waals surface area contributed by atoms with Gasteiger partial charge in [-0.1, -0.05) is 6.07 Å². The molecule has 1 saturated heterocycles. The van der Waals surface area contributed by atoms with Crippen molar-refractivity contribution in [1.82, 2.24) is 10.2 Å². The molecule has 114 valence electrons. The van der Waals surface area contributed by atoms with Crippen LogP contribution in [0.2, 0.25) is 0 Å². The minimum atomic E-state index is -0.125. The van der Waals surface area contributed by atoms with E-state index in [0.717, 1.165) is 19.4 Å². The number of benzene rings is 1. The van der Waals surface area contributed by atoms with Crippen LogP contribution >= 0.6 is 0 Å². The molecule has 1 atom stereocenters. The van der Waals surface area contributed by atoms with Gasteiger partial charge in [-0.05, 0) is 51.3 Å². The molecule has 1 aromatic carbocycles. The first-order chi connectivity index (χ1) is 10.1. The van der Waals surface area contributed by atoms with E-state index < -0.39 is 0 Å². The van der Waals surface area contributed by atoms with E-state index in [0.29, 0.717) is 17.8 Å². The summed E-state index contributed by atoms with van der Waals surface area (Å²) in [6.45, 7) is 5.33. The van der Waals surface area contributed by atoms with Gasteiger partial charge in [0.05, 0.1) is 0 Å². The average molecular weight is 289 g/mol. The van der Waals surface area contributed by atoms with Crippen molar-refractivity contribution >= 4 is 17.6 Å². The highest BCUT2D eigenvalue weighted by molar-refractivity contribution is 5.96. The Morgan fingerprint density at radius 3 is 2.86 bits per heavy atom. The normalized spacial score (nSPS) is 18.2. The van der Waals surface area contributed by atoms with E-state index in [1.165, 1.54) is 6.42 Å².